The van der Waals surface area contributed by atoms with Gasteiger partial charge in [-0.15, -0.1) is 0 Å². The van der Waals surface area contributed by atoms with E-state index < -0.39 is 0 Å². The van der Waals surface area contributed by atoms with Crippen molar-refractivity contribution in [3.05, 3.63) is 40.0 Å². The van der Waals surface area contributed by atoms with Crippen LogP contribution in [0, 0.1) is 0 Å². The van der Waals surface area contributed by atoms with Crippen molar-refractivity contribution in [1.82, 2.24) is 9.88 Å². The summed E-state index contributed by atoms with van der Waals surface area (Å²) in [4.78, 5) is 33.0. The lowest BCUT2D eigenvalue weighted by Gasteiger charge is -2.25. The standard InChI is InChI=1S/C20H22ClN3O3S/c1-3-27-19-10-22-17(28-19)9-18(26)24-12-20(6-7-23(11-20)13(2)25)15-8-14(21)4-5-16(15)24/h4-5,8,10H,3,6-7,9,11-12H2,1-2H3. The van der Waals surface area contributed by atoms with Gasteiger partial charge in [0.05, 0.1) is 19.2 Å². The number of anilines is 1. The second-order valence-electron chi connectivity index (χ2n) is 7.30. The molecule has 1 saturated heterocycles. The van der Waals surface area contributed by atoms with Crippen molar-refractivity contribution in [3.63, 3.8) is 0 Å². The van der Waals surface area contributed by atoms with Crippen molar-refractivity contribution in [2.75, 3.05) is 31.1 Å². The van der Waals surface area contributed by atoms with E-state index in [-0.39, 0.29) is 23.7 Å². The Morgan fingerprint density at radius 2 is 2.18 bits per heavy atom. The van der Waals surface area contributed by atoms with Gasteiger partial charge in [-0.25, -0.2) is 4.98 Å². The number of benzene rings is 1. The summed E-state index contributed by atoms with van der Waals surface area (Å²) in [5.74, 6) is 0.0654. The first-order valence-corrected chi connectivity index (χ1v) is 10.5. The fourth-order valence-corrected chi connectivity index (χ4v) is 5.15. The average Bonchev–Trinajstić information content (AvgIpc) is 3.35. The highest BCUT2D eigenvalue weighted by atomic mass is 35.5. The van der Waals surface area contributed by atoms with Gasteiger partial charge in [-0.3, -0.25) is 9.59 Å². The molecule has 1 aromatic heterocycles. The Balaban J connectivity index is 1.60. The molecule has 0 saturated carbocycles. The lowest BCUT2D eigenvalue weighted by atomic mass is 9.81. The number of ether oxygens (including phenoxy) is 1. The van der Waals surface area contributed by atoms with E-state index in [1.165, 1.54) is 11.3 Å². The van der Waals surface area contributed by atoms with E-state index in [1.807, 2.05) is 34.9 Å². The number of fused-ring (bicyclic) bond motifs is 2. The molecule has 2 aliphatic heterocycles. The Hall–Kier alpha value is -2.12. The molecular weight excluding hydrogens is 398 g/mol. The van der Waals surface area contributed by atoms with Crippen molar-refractivity contribution in [3.8, 4) is 5.06 Å². The average molecular weight is 420 g/mol. The Morgan fingerprint density at radius 3 is 2.89 bits per heavy atom. The molecule has 4 rings (SSSR count). The van der Waals surface area contributed by atoms with Gasteiger partial charge in [0.1, 0.15) is 5.01 Å². The van der Waals surface area contributed by atoms with Crippen LogP contribution in [0.3, 0.4) is 0 Å². The Morgan fingerprint density at radius 1 is 1.36 bits per heavy atom. The summed E-state index contributed by atoms with van der Waals surface area (Å²) < 4.78 is 5.45. The van der Waals surface area contributed by atoms with E-state index in [4.69, 9.17) is 16.3 Å². The highest BCUT2D eigenvalue weighted by Crippen LogP contribution is 2.47. The van der Waals surface area contributed by atoms with Gasteiger partial charge in [0.2, 0.25) is 11.8 Å². The van der Waals surface area contributed by atoms with Gasteiger partial charge in [-0.05, 0) is 37.1 Å². The van der Waals surface area contributed by atoms with Gasteiger partial charge in [0, 0.05) is 42.7 Å². The summed E-state index contributed by atoms with van der Waals surface area (Å²) in [5, 5.41) is 2.11. The van der Waals surface area contributed by atoms with Crippen molar-refractivity contribution < 1.29 is 14.3 Å². The van der Waals surface area contributed by atoms with E-state index in [1.54, 1.807) is 13.1 Å². The van der Waals surface area contributed by atoms with E-state index in [2.05, 4.69) is 4.98 Å². The largest absolute Gasteiger partial charge is 0.483 e. The quantitative estimate of drug-likeness (QED) is 0.763. The first-order valence-electron chi connectivity index (χ1n) is 9.35. The monoisotopic (exact) mass is 419 g/mol. The van der Waals surface area contributed by atoms with Gasteiger partial charge in [0.25, 0.3) is 0 Å². The maximum absolute atomic E-state index is 13.1. The summed E-state index contributed by atoms with van der Waals surface area (Å²) >= 11 is 7.67. The molecular formula is C20H22ClN3O3S. The highest BCUT2D eigenvalue weighted by molar-refractivity contribution is 7.13. The highest BCUT2D eigenvalue weighted by Gasteiger charge is 2.49. The maximum atomic E-state index is 13.1. The summed E-state index contributed by atoms with van der Waals surface area (Å²) in [6.07, 6.45) is 2.72. The van der Waals surface area contributed by atoms with Gasteiger partial charge in [-0.2, -0.15) is 0 Å². The number of carbonyl (C=O) groups excluding carboxylic acids is 2. The Bertz CT molecular complexity index is 931. The maximum Gasteiger partial charge on any atom is 0.233 e. The molecule has 0 radical (unpaired) electrons. The number of thiazole rings is 1. The third-order valence-electron chi connectivity index (χ3n) is 5.50. The molecule has 2 aliphatic rings. The zero-order chi connectivity index (χ0) is 19.9. The molecule has 2 aromatic rings. The van der Waals surface area contributed by atoms with Crippen LogP contribution in [0.2, 0.25) is 5.02 Å². The third-order valence-corrected chi connectivity index (χ3v) is 6.65. The number of halogens is 1. The first-order chi connectivity index (χ1) is 13.4. The molecule has 2 amide bonds. The third kappa shape index (κ3) is 3.37. The van der Waals surface area contributed by atoms with Crippen LogP contribution in [-0.4, -0.2) is 47.9 Å². The zero-order valence-corrected chi connectivity index (χ0v) is 17.5. The normalized spacial score (nSPS) is 20.7. The van der Waals surface area contributed by atoms with E-state index in [0.717, 1.165) is 27.7 Å². The van der Waals surface area contributed by atoms with Crippen molar-refractivity contribution in [2.45, 2.75) is 32.1 Å². The molecule has 6 nitrogen and oxygen atoms in total. The van der Waals surface area contributed by atoms with Crippen molar-refractivity contribution in [2.24, 2.45) is 0 Å². The van der Waals surface area contributed by atoms with Crippen molar-refractivity contribution >= 4 is 40.4 Å². The molecule has 1 fully saturated rings. The topological polar surface area (TPSA) is 62.7 Å². The molecule has 1 unspecified atom stereocenters. The number of nitrogens with zero attached hydrogens (tertiary/aromatic N) is 3. The first kappa shape index (κ1) is 19.2. The lowest BCUT2D eigenvalue weighted by Crippen LogP contribution is -2.40. The molecule has 1 spiro atoms. The summed E-state index contributed by atoms with van der Waals surface area (Å²) in [7, 11) is 0. The van der Waals surface area contributed by atoms with Gasteiger partial charge in [0.15, 0.2) is 5.06 Å². The number of amides is 2. The van der Waals surface area contributed by atoms with E-state index in [9.17, 15) is 9.59 Å². The minimum Gasteiger partial charge on any atom is -0.483 e. The molecule has 1 aromatic carbocycles. The smallest absolute Gasteiger partial charge is 0.233 e. The van der Waals surface area contributed by atoms with E-state index >= 15 is 0 Å². The van der Waals surface area contributed by atoms with Gasteiger partial charge >= 0.3 is 0 Å². The molecule has 0 bridgehead atoms. The lowest BCUT2D eigenvalue weighted by molar-refractivity contribution is -0.127. The van der Waals surface area contributed by atoms with Crippen LogP contribution >= 0.6 is 22.9 Å². The number of hydrogen-bond donors (Lipinski definition) is 0. The fraction of sp³-hybridized carbons (Fsp3) is 0.450. The second kappa shape index (κ2) is 7.37. The summed E-state index contributed by atoms with van der Waals surface area (Å²) in [6.45, 7) is 5.97. The predicted molar refractivity (Wildman–Crippen MR) is 109 cm³/mol. The van der Waals surface area contributed by atoms with Crippen LogP contribution in [0.4, 0.5) is 5.69 Å². The molecule has 0 N–H and O–H groups in total. The number of carbonyl (C=O) groups is 2. The van der Waals surface area contributed by atoms with Crippen LogP contribution < -0.4 is 9.64 Å². The molecule has 3 heterocycles. The summed E-state index contributed by atoms with van der Waals surface area (Å²) in [6, 6.07) is 5.67. The molecule has 8 heteroatoms. The van der Waals surface area contributed by atoms with Crippen molar-refractivity contribution in [1.29, 1.82) is 0 Å². The number of rotatable bonds is 4. The number of aromatic nitrogens is 1. The SMILES string of the molecule is CCOc1cnc(CC(=O)N2CC3(CCN(C(C)=O)C3)c3cc(Cl)ccc32)s1. The Labute approximate surface area is 173 Å². The molecule has 1 atom stereocenters. The molecule has 28 heavy (non-hydrogen) atoms. The zero-order valence-electron chi connectivity index (χ0n) is 15.9. The van der Waals surface area contributed by atoms with Crippen LogP contribution in [0.25, 0.3) is 0 Å². The molecule has 0 aliphatic carbocycles. The van der Waals surface area contributed by atoms with Gasteiger partial charge < -0.3 is 14.5 Å². The minimum absolute atomic E-state index is 0.000814. The van der Waals surface area contributed by atoms with E-state index in [0.29, 0.717) is 31.3 Å². The second-order valence-corrected chi connectivity index (χ2v) is 8.81. The minimum atomic E-state index is -0.249. The predicted octanol–water partition coefficient (Wildman–Crippen LogP) is 3.27. The fourth-order valence-electron chi connectivity index (χ4n) is 4.16. The van der Waals surface area contributed by atoms with Crippen LogP contribution in [0.15, 0.2) is 24.4 Å². The number of likely N-dealkylation sites (tertiary alicyclic amines) is 1. The Kier molecular flexibility index (Phi) is 5.05. The molecule has 148 valence electrons. The van der Waals surface area contributed by atoms with Gasteiger partial charge in [-0.1, -0.05) is 22.9 Å². The van der Waals surface area contributed by atoms with Crippen LogP contribution in [0.5, 0.6) is 5.06 Å². The summed E-state index contributed by atoms with van der Waals surface area (Å²) in [5.41, 5.74) is 1.70. The number of hydrogen-bond acceptors (Lipinski definition) is 5. The van der Waals surface area contributed by atoms with Crippen LogP contribution in [0.1, 0.15) is 30.8 Å². The van der Waals surface area contributed by atoms with Crippen LogP contribution in [-0.2, 0) is 21.4 Å².